The van der Waals surface area contributed by atoms with Crippen LogP contribution in [0.5, 0.6) is 11.5 Å². The standard InChI is InChI=1S/C22H26N2O2/c1-18(13-19-5-3-2-4-6-19)15-23-9-11-24(12-10-23)16-20-7-8-21-22(14-20)26-17-25-21/h2-8,13-14H,9-12,15-17H2,1H3/p+2/b18-13+. The molecule has 1 fully saturated rings. The van der Waals surface area contributed by atoms with Gasteiger partial charge in [0.05, 0.1) is 6.54 Å². The second-order valence-corrected chi connectivity index (χ2v) is 7.44. The van der Waals surface area contributed by atoms with Gasteiger partial charge >= 0.3 is 0 Å². The number of quaternary nitrogens is 2. The van der Waals surface area contributed by atoms with Crippen LogP contribution in [0.1, 0.15) is 18.1 Å². The molecule has 2 aromatic carbocycles. The van der Waals surface area contributed by atoms with Crippen LogP contribution in [0.3, 0.4) is 0 Å². The molecule has 136 valence electrons. The fraction of sp³-hybridized carbons (Fsp3) is 0.364. The maximum atomic E-state index is 5.50. The summed E-state index contributed by atoms with van der Waals surface area (Å²) in [6, 6.07) is 17.0. The monoisotopic (exact) mass is 352 g/mol. The molecule has 0 radical (unpaired) electrons. The Morgan fingerprint density at radius 3 is 2.46 bits per heavy atom. The molecule has 0 unspecified atom stereocenters. The van der Waals surface area contributed by atoms with Crippen molar-refractivity contribution in [2.45, 2.75) is 13.5 Å². The molecule has 0 amide bonds. The molecule has 2 N–H and O–H groups in total. The van der Waals surface area contributed by atoms with E-state index in [4.69, 9.17) is 9.47 Å². The lowest BCUT2D eigenvalue weighted by molar-refractivity contribution is -1.02. The normalized spacial score (nSPS) is 22.4. The van der Waals surface area contributed by atoms with E-state index in [1.165, 1.54) is 42.9 Å². The van der Waals surface area contributed by atoms with Crippen LogP contribution in [0, 0.1) is 0 Å². The summed E-state index contributed by atoms with van der Waals surface area (Å²) in [6.07, 6.45) is 2.32. The molecule has 0 atom stereocenters. The van der Waals surface area contributed by atoms with Crippen molar-refractivity contribution in [3.8, 4) is 11.5 Å². The van der Waals surface area contributed by atoms with Gasteiger partial charge in [-0.15, -0.1) is 0 Å². The zero-order chi connectivity index (χ0) is 17.8. The molecule has 2 aromatic rings. The number of fused-ring (bicyclic) bond motifs is 1. The highest BCUT2D eigenvalue weighted by Gasteiger charge is 2.24. The largest absolute Gasteiger partial charge is 0.454 e. The van der Waals surface area contributed by atoms with Crippen molar-refractivity contribution < 1.29 is 19.3 Å². The van der Waals surface area contributed by atoms with E-state index < -0.39 is 0 Å². The number of ether oxygens (including phenoxy) is 2. The molecule has 2 heterocycles. The Morgan fingerprint density at radius 2 is 1.65 bits per heavy atom. The molecule has 2 aliphatic heterocycles. The first-order valence-electron chi connectivity index (χ1n) is 9.54. The quantitative estimate of drug-likeness (QED) is 0.833. The predicted molar refractivity (Wildman–Crippen MR) is 103 cm³/mol. The molecular weight excluding hydrogens is 324 g/mol. The third-order valence-electron chi connectivity index (χ3n) is 5.30. The molecule has 0 spiro atoms. The van der Waals surface area contributed by atoms with E-state index in [1.54, 1.807) is 9.80 Å². The molecule has 0 aliphatic carbocycles. The van der Waals surface area contributed by atoms with Gasteiger partial charge in [-0.1, -0.05) is 36.4 Å². The second kappa shape index (κ2) is 7.94. The molecule has 0 saturated carbocycles. The van der Waals surface area contributed by atoms with Gasteiger partial charge in [-0.25, -0.2) is 0 Å². The Morgan fingerprint density at radius 1 is 0.923 bits per heavy atom. The van der Waals surface area contributed by atoms with Gasteiger partial charge in [-0.3, -0.25) is 0 Å². The van der Waals surface area contributed by atoms with E-state index in [9.17, 15) is 0 Å². The summed E-state index contributed by atoms with van der Waals surface area (Å²) in [7, 11) is 0. The first-order chi connectivity index (χ1) is 12.8. The highest BCUT2D eigenvalue weighted by molar-refractivity contribution is 5.52. The summed E-state index contributed by atoms with van der Waals surface area (Å²) < 4.78 is 10.9. The first-order valence-corrected chi connectivity index (χ1v) is 9.54. The highest BCUT2D eigenvalue weighted by atomic mass is 16.7. The van der Waals surface area contributed by atoms with E-state index in [0.29, 0.717) is 6.79 Å². The maximum absolute atomic E-state index is 5.50. The average Bonchev–Trinajstić information content (AvgIpc) is 3.12. The second-order valence-electron chi connectivity index (χ2n) is 7.44. The zero-order valence-corrected chi connectivity index (χ0v) is 15.5. The summed E-state index contributed by atoms with van der Waals surface area (Å²) >= 11 is 0. The van der Waals surface area contributed by atoms with Crippen LogP contribution in [0.2, 0.25) is 0 Å². The number of hydrogen-bond acceptors (Lipinski definition) is 2. The lowest BCUT2D eigenvalue weighted by Gasteiger charge is -2.30. The third kappa shape index (κ3) is 4.26. The summed E-state index contributed by atoms with van der Waals surface area (Å²) in [5.74, 6) is 1.77. The van der Waals surface area contributed by atoms with Gasteiger partial charge in [-0.2, -0.15) is 0 Å². The lowest BCUT2D eigenvalue weighted by atomic mass is 10.1. The van der Waals surface area contributed by atoms with E-state index in [1.807, 2.05) is 6.07 Å². The van der Waals surface area contributed by atoms with Crippen LogP contribution in [-0.4, -0.2) is 39.5 Å². The van der Waals surface area contributed by atoms with Crippen LogP contribution in [0.25, 0.3) is 6.08 Å². The highest BCUT2D eigenvalue weighted by Crippen LogP contribution is 2.32. The van der Waals surface area contributed by atoms with E-state index in [-0.39, 0.29) is 0 Å². The van der Waals surface area contributed by atoms with E-state index >= 15 is 0 Å². The summed E-state index contributed by atoms with van der Waals surface area (Å²) in [5.41, 5.74) is 4.11. The number of hydrogen-bond donors (Lipinski definition) is 2. The number of benzene rings is 2. The topological polar surface area (TPSA) is 27.3 Å². The van der Waals surface area contributed by atoms with Gasteiger partial charge in [-0.05, 0) is 36.3 Å². The Hall–Kier alpha value is -2.30. The molecular formula is C22H28N2O2+2. The zero-order valence-electron chi connectivity index (χ0n) is 15.5. The molecule has 26 heavy (non-hydrogen) atoms. The number of nitrogens with one attached hydrogen (secondary N) is 2. The van der Waals surface area contributed by atoms with Crippen molar-refractivity contribution in [2.24, 2.45) is 0 Å². The third-order valence-corrected chi connectivity index (χ3v) is 5.30. The summed E-state index contributed by atoms with van der Waals surface area (Å²) in [5, 5.41) is 0. The van der Waals surface area contributed by atoms with Crippen LogP contribution in [0.4, 0.5) is 0 Å². The van der Waals surface area contributed by atoms with E-state index in [0.717, 1.165) is 24.6 Å². The van der Waals surface area contributed by atoms with Gasteiger partial charge in [0.1, 0.15) is 32.7 Å². The van der Waals surface area contributed by atoms with Crippen molar-refractivity contribution in [1.82, 2.24) is 0 Å². The van der Waals surface area contributed by atoms with Gasteiger partial charge < -0.3 is 19.3 Å². The summed E-state index contributed by atoms with van der Waals surface area (Å²) in [4.78, 5) is 3.36. The van der Waals surface area contributed by atoms with Crippen molar-refractivity contribution in [3.05, 3.63) is 65.2 Å². The van der Waals surface area contributed by atoms with Crippen LogP contribution in [0.15, 0.2) is 54.1 Å². The smallest absolute Gasteiger partial charge is 0.231 e. The van der Waals surface area contributed by atoms with Crippen molar-refractivity contribution >= 4 is 6.08 Å². The molecule has 2 aliphatic rings. The van der Waals surface area contributed by atoms with E-state index in [2.05, 4.69) is 55.5 Å². The Kier molecular flexibility index (Phi) is 5.23. The number of rotatable bonds is 5. The van der Waals surface area contributed by atoms with Gasteiger partial charge in [0.2, 0.25) is 6.79 Å². The van der Waals surface area contributed by atoms with Gasteiger partial charge in [0, 0.05) is 5.56 Å². The SMILES string of the molecule is C/C(=C\c1ccccc1)C[NH+]1CC[NH+](Cc2ccc3c(c2)OCO3)CC1. The summed E-state index contributed by atoms with van der Waals surface area (Å²) in [6.45, 7) is 9.74. The molecule has 4 heteroatoms. The Bertz CT molecular complexity index is 765. The minimum atomic E-state index is 0.351. The van der Waals surface area contributed by atoms with Crippen LogP contribution < -0.4 is 19.3 Å². The fourth-order valence-corrected chi connectivity index (χ4v) is 3.93. The predicted octanol–water partition coefficient (Wildman–Crippen LogP) is 0.802. The minimum absolute atomic E-state index is 0.351. The van der Waals surface area contributed by atoms with Crippen molar-refractivity contribution in [2.75, 3.05) is 39.5 Å². The average molecular weight is 352 g/mol. The van der Waals surface area contributed by atoms with Crippen LogP contribution in [-0.2, 0) is 6.54 Å². The molecule has 0 bridgehead atoms. The van der Waals surface area contributed by atoms with Crippen molar-refractivity contribution in [3.63, 3.8) is 0 Å². The van der Waals surface area contributed by atoms with Gasteiger partial charge in [0.25, 0.3) is 0 Å². The molecule has 4 rings (SSSR count). The number of piperazine rings is 1. The fourth-order valence-electron chi connectivity index (χ4n) is 3.93. The van der Waals surface area contributed by atoms with Crippen molar-refractivity contribution in [1.29, 1.82) is 0 Å². The minimum Gasteiger partial charge on any atom is -0.454 e. The molecule has 4 nitrogen and oxygen atoms in total. The Balaban J connectivity index is 1.27. The molecule has 0 aromatic heterocycles. The van der Waals surface area contributed by atoms with Crippen LogP contribution >= 0.6 is 0 Å². The maximum Gasteiger partial charge on any atom is 0.231 e. The molecule has 1 saturated heterocycles. The Labute approximate surface area is 155 Å². The van der Waals surface area contributed by atoms with Gasteiger partial charge in [0.15, 0.2) is 11.5 Å². The first kappa shape index (κ1) is 17.1. The lowest BCUT2D eigenvalue weighted by Crippen LogP contribution is -3.27.